The third kappa shape index (κ3) is 5.37. The highest BCUT2D eigenvalue weighted by molar-refractivity contribution is 6.30. The second kappa shape index (κ2) is 11.2. The monoisotopic (exact) mass is 559 g/mol. The summed E-state index contributed by atoms with van der Waals surface area (Å²) in [5.41, 5.74) is 1.83. The number of carbonyl (C=O) groups is 1. The van der Waals surface area contributed by atoms with E-state index in [1.54, 1.807) is 60.3 Å². The first-order valence-corrected chi connectivity index (χ1v) is 12.5. The van der Waals surface area contributed by atoms with E-state index in [1.807, 2.05) is 0 Å². The Morgan fingerprint density at radius 2 is 1.75 bits per heavy atom. The SMILES string of the molecule is COc1cc2nccc(Oc3ccc(CC(=O)c4cn(C)cc(-c5ccc(Cl)cc5)c4=O)cc3F)c2nc1OC. The van der Waals surface area contributed by atoms with Crippen LogP contribution in [0, 0.1) is 5.82 Å². The molecule has 0 N–H and O–H groups in total. The van der Waals surface area contributed by atoms with Crippen molar-refractivity contribution in [3.05, 3.63) is 105 Å². The van der Waals surface area contributed by atoms with Crippen molar-refractivity contribution in [3.63, 3.8) is 0 Å². The summed E-state index contributed by atoms with van der Waals surface area (Å²) >= 11 is 5.97. The van der Waals surface area contributed by atoms with E-state index < -0.39 is 17.0 Å². The van der Waals surface area contributed by atoms with Gasteiger partial charge in [-0.25, -0.2) is 9.37 Å². The van der Waals surface area contributed by atoms with Gasteiger partial charge in [0.05, 0.1) is 25.3 Å². The molecule has 0 saturated heterocycles. The number of aryl methyl sites for hydroxylation is 1. The number of ether oxygens (including phenoxy) is 3. The molecule has 8 nitrogen and oxygen atoms in total. The number of hydrogen-bond donors (Lipinski definition) is 0. The van der Waals surface area contributed by atoms with Crippen molar-refractivity contribution in [1.82, 2.24) is 14.5 Å². The van der Waals surface area contributed by atoms with Crippen LogP contribution in [0.1, 0.15) is 15.9 Å². The van der Waals surface area contributed by atoms with E-state index in [0.29, 0.717) is 38.5 Å². The molecule has 0 aliphatic carbocycles. The predicted molar refractivity (Wildman–Crippen MR) is 149 cm³/mol. The van der Waals surface area contributed by atoms with E-state index in [9.17, 15) is 9.59 Å². The third-order valence-electron chi connectivity index (χ3n) is 6.21. The Bertz CT molecular complexity index is 1800. The number of Topliss-reactive ketones (excluding diaryl/α,β-unsaturated/α-hetero) is 1. The Morgan fingerprint density at radius 3 is 2.45 bits per heavy atom. The van der Waals surface area contributed by atoms with E-state index >= 15 is 4.39 Å². The van der Waals surface area contributed by atoms with Crippen LogP contribution in [0.25, 0.3) is 22.2 Å². The molecular formula is C30H23ClFN3O5. The molecule has 2 aromatic carbocycles. The van der Waals surface area contributed by atoms with Gasteiger partial charge in [-0.05, 0) is 35.4 Å². The molecule has 0 amide bonds. The molecule has 0 atom stereocenters. The lowest BCUT2D eigenvalue weighted by Crippen LogP contribution is -2.20. The third-order valence-corrected chi connectivity index (χ3v) is 6.46. The molecule has 0 aliphatic rings. The smallest absolute Gasteiger partial charge is 0.257 e. The van der Waals surface area contributed by atoms with Crippen LogP contribution in [0.5, 0.6) is 23.1 Å². The van der Waals surface area contributed by atoms with E-state index in [1.165, 1.54) is 38.7 Å². The zero-order valence-corrected chi connectivity index (χ0v) is 22.5. The van der Waals surface area contributed by atoms with Gasteiger partial charge in [0.25, 0.3) is 5.88 Å². The molecule has 0 saturated carbocycles. The summed E-state index contributed by atoms with van der Waals surface area (Å²) in [6, 6.07) is 14.2. The number of methoxy groups -OCH3 is 2. The molecule has 10 heteroatoms. The van der Waals surface area contributed by atoms with Crippen LogP contribution in [0.4, 0.5) is 4.39 Å². The number of ketones is 1. The molecule has 3 aromatic heterocycles. The van der Waals surface area contributed by atoms with Crippen LogP contribution in [-0.4, -0.2) is 34.5 Å². The van der Waals surface area contributed by atoms with Gasteiger partial charge in [-0.15, -0.1) is 0 Å². The second-order valence-corrected chi connectivity index (χ2v) is 9.37. The number of nitrogens with zero attached hydrogens (tertiary/aromatic N) is 3. The molecule has 5 aromatic rings. The lowest BCUT2D eigenvalue weighted by Gasteiger charge is -2.12. The molecule has 5 rings (SSSR count). The number of halogens is 2. The maximum atomic E-state index is 15.1. The number of fused-ring (bicyclic) bond motifs is 1. The van der Waals surface area contributed by atoms with Gasteiger partial charge < -0.3 is 18.8 Å². The van der Waals surface area contributed by atoms with Crippen molar-refractivity contribution in [3.8, 4) is 34.3 Å². The van der Waals surface area contributed by atoms with Crippen LogP contribution in [0.2, 0.25) is 5.02 Å². The summed E-state index contributed by atoms with van der Waals surface area (Å²) in [5, 5.41) is 0.538. The molecule has 0 aliphatic heterocycles. The number of benzene rings is 2. The molecule has 40 heavy (non-hydrogen) atoms. The van der Waals surface area contributed by atoms with Gasteiger partial charge in [-0.2, -0.15) is 0 Å². The van der Waals surface area contributed by atoms with Crippen LogP contribution in [0.3, 0.4) is 0 Å². The molecule has 202 valence electrons. The average molecular weight is 560 g/mol. The highest BCUT2D eigenvalue weighted by atomic mass is 35.5. The zero-order chi connectivity index (χ0) is 28.4. The summed E-state index contributed by atoms with van der Waals surface area (Å²) in [6.45, 7) is 0. The van der Waals surface area contributed by atoms with Crippen molar-refractivity contribution >= 4 is 28.4 Å². The molecule has 0 spiro atoms. The van der Waals surface area contributed by atoms with Gasteiger partial charge in [0.1, 0.15) is 5.52 Å². The Balaban J connectivity index is 1.40. The summed E-state index contributed by atoms with van der Waals surface area (Å²) in [5.74, 6) is -0.299. The Hall–Kier alpha value is -4.76. The van der Waals surface area contributed by atoms with Gasteiger partial charge in [0, 0.05) is 54.8 Å². The summed E-state index contributed by atoms with van der Waals surface area (Å²) in [6.07, 6.45) is 4.46. The van der Waals surface area contributed by atoms with Crippen LogP contribution in [-0.2, 0) is 13.5 Å². The van der Waals surface area contributed by atoms with Crippen molar-refractivity contribution in [2.24, 2.45) is 7.05 Å². The largest absolute Gasteiger partial charge is 0.491 e. The summed E-state index contributed by atoms with van der Waals surface area (Å²) in [4.78, 5) is 35.0. The van der Waals surface area contributed by atoms with E-state index in [0.717, 1.165) is 0 Å². The minimum absolute atomic E-state index is 0.00869. The van der Waals surface area contributed by atoms with Gasteiger partial charge in [0.2, 0.25) is 0 Å². The number of aromatic nitrogens is 3. The minimum Gasteiger partial charge on any atom is -0.491 e. The molecule has 0 unspecified atom stereocenters. The fourth-order valence-electron chi connectivity index (χ4n) is 4.26. The number of pyridine rings is 3. The number of hydrogen-bond acceptors (Lipinski definition) is 7. The summed E-state index contributed by atoms with van der Waals surface area (Å²) in [7, 11) is 4.67. The zero-order valence-electron chi connectivity index (χ0n) is 21.8. The van der Waals surface area contributed by atoms with Gasteiger partial charge in [-0.1, -0.05) is 29.8 Å². The molecule has 0 radical (unpaired) electrons. The average Bonchev–Trinajstić information content (AvgIpc) is 2.95. The quantitative estimate of drug-likeness (QED) is 0.215. The lowest BCUT2D eigenvalue weighted by atomic mass is 9.99. The van der Waals surface area contributed by atoms with Gasteiger partial charge in [-0.3, -0.25) is 14.6 Å². The van der Waals surface area contributed by atoms with Gasteiger partial charge >= 0.3 is 0 Å². The second-order valence-electron chi connectivity index (χ2n) is 8.93. The molecule has 0 fully saturated rings. The van der Waals surface area contributed by atoms with Crippen LogP contribution in [0.15, 0.2) is 78.0 Å². The first kappa shape index (κ1) is 26.8. The van der Waals surface area contributed by atoms with Crippen LogP contribution < -0.4 is 19.6 Å². The van der Waals surface area contributed by atoms with Crippen molar-refractivity contribution in [1.29, 1.82) is 0 Å². The minimum atomic E-state index is -0.682. The normalized spacial score (nSPS) is 10.9. The van der Waals surface area contributed by atoms with Crippen molar-refractivity contribution in [2.75, 3.05) is 14.2 Å². The number of carbonyl (C=O) groups excluding carboxylic acids is 1. The highest BCUT2D eigenvalue weighted by Gasteiger charge is 2.18. The van der Waals surface area contributed by atoms with Gasteiger partial charge in [0.15, 0.2) is 34.3 Å². The Labute approximate surface area is 233 Å². The molecular weight excluding hydrogens is 537 g/mol. The number of rotatable bonds is 8. The fourth-order valence-corrected chi connectivity index (χ4v) is 4.39. The van der Waals surface area contributed by atoms with E-state index in [4.69, 9.17) is 25.8 Å². The standard InChI is InChI=1S/C30H23ClFN3O5/c1-35-15-20(18-5-7-19(31)8-6-18)29(37)21(16-35)24(36)13-17-4-9-25(22(32)12-17)40-26-10-11-33-23-14-27(38-2)30(39-3)34-28(23)26/h4-12,14-16H,13H2,1-3H3. The first-order chi connectivity index (χ1) is 19.3. The van der Waals surface area contributed by atoms with Crippen LogP contribution >= 0.6 is 11.6 Å². The Morgan fingerprint density at radius 1 is 0.975 bits per heavy atom. The first-order valence-electron chi connectivity index (χ1n) is 12.1. The maximum absolute atomic E-state index is 15.1. The van der Waals surface area contributed by atoms with Crippen molar-refractivity contribution < 1.29 is 23.4 Å². The fraction of sp³-hybridized carbons (Fsp3) is 0.133. The van der Waals surface area contributed by atoms with E-state index in [-0.39, 0.29) is 29.4 Å². The highest BCUT2D eigenvalue weighted by Crippen LogP contribution is 2.34. The lowest BCUT2D eigenvalue weighted by molar-refractivity contribution is 0.0991. The van der Waals surface area contributed by atoms with E-state index in [2.05, 4.69) is 9.97 Å². The topological polar surface area (TPSA) is 92.5 Å². The predicted octanol–water partition coefficient (Wildman–Crippen LogP) is 6.02. The molecule has 3 heterocycles. The van der Waals surface area contributed by atoms with Crippen molar-refractivity contribution in [2.45, 2.75) is 6.42 Å². The Kier molecular flexibility index (Phi) is 7.48. The summed E-state index contributed by atoms with van der Waals surface area (Å²) < 4.78 is 33.1. The maximum Gasteiger partial charge on any atom is 0.257 e. The molecule has 0 bridgehead atoms.